The minimum Gasteiger partial charge on any atom is -0.342 e. The molecular formula is C14H19ClN2O2. The van der Waals surface area contributed by atoms with Crippen molar-refractivity contribution in [1.29, 1.82) is 0 Å². The Morgan fingerprint density at radius 1 is 1.16 bits per heavy atom. The van der Waals surface area contributed by atoms with Gasteiger partial charge in [-0.15, -0.1) is 0 Å². The number of halogens is 1. The summed E-state index contributed by atoms with van der Waals surface area (Å²) in [6.45, 7) is 6.52. The molecular weight excluding hydrogens is 264 g/mol. The highest BCUT2D eigenvalue weighted by Gasteiger charge is 2.20. The molecule has 1 aromatic carbocycles. The van der Waals surface area contributed by atoms with E-state index in [0.29, 0.717) is 23.8 Å². The van der Waals surface area contributed by atoms with Gasteiger partial charge in [0.15, 0.2) is 0 Å². The zero-order valence-electron chi connectivity index (χ0n) is 11.5. The van der Waals surface area contributed by atoms with Gasteiger partial charge in [0.2, 0.25) is 11.8 Å². The number of hydrogen-bond acceptors (Lipinski definition) is 2. The van der Waals surface area contributed by atoms with Gasteiger partial charge in [-0.1, -0.05) is 23.7 Å². The van der Waals surface area contributed by atoms with E-state index in [1.807, 2.05) is 13.8 Å². The number of carbonyl (C=O) groups excluding carboxylic acids is 2. The van der Waals surface area contributed by atoms with Crippen molar-refractivity contribution in [2.24, 2.45) is 0 Å². The zero-order valence-corrected chi connectivity index (χ0v) is 12.3. The normalized spacial score (nSPS) is 10.1. The van der Waals surface area contributed by atoms with Gasteiger partial charge in [-0.25, -0.2) is 0 Å². The van der Waals surface area contributed by atoms with Gasteiger partial charge in [0.25, 0.3) is 0 Å². The lowest BCUT2D eigenvalue weighted by Gasteiger charge is -2.26. The Balaban J connectivity index is 2.95. The smallest absolute Gasteiger partial charge is 0.242 e. The van der Waals surface area contributed by atoms with Gasteiger partial charge >= 0.3 is 0 Å². The van der Waals surface area contributed by atoms with Crippen molar-refractivity contribution < 1.29 is 9.59 Å². The van der Waals surface area contributed by atoms with E-state index in [1.54, 1.807) is 29.2 Å². The van der Waals surface area contributed by atoms with E-state index in [4.69, 9.17) is 11.6 Å². The third-order valence-electron chi connectivity index (χ3n) is 2.93. The van der Waals surface area contributed by atoms with Gasteiger partial charge < -0.3 is 9.80 Å². The van der Waals surface area contributed by atoms with Gasteiger partial charge in [-0.05, 0) is 26.0 Å². The second-order valence-electron chi connectivity index (χ2n) is 4.12. The Labute approximate surface area is 118 Å². The average Bonchev–Trinajstić information content (AvgIpc) is 2.38. The molecule has 0 heterocycles. The fourth-order valence-electron chi connectivity index (χ4n) is 1.85. The maximum atomic E-state index is 12.1. The van der Waals surface area contributed by atoms with Crippen LogP contribution in [0.1, 0.15) is 20.8 Å². The van der Waals surface area contributed by atoms with Crippen molar-refractivity contribution in [3.8, 4) is 0 Å². The molecule has 0 spiro atoms. The summed E-state index contributed by atoms with van der Waals surface area (Å²) >= 11 is 6.08. The average molecular weight is 283 g/mol. The summed E-state index contributed by atoms with van der Waals surface area (Å²) in [5.41, 5.74) is 0.567. The number of benzene rings is 1. The lowest BCUT2D eigenvalue weighted by Crippen LogP contribution is -2.42. The first kappa shape index (κ1) is 15.5. The molecule has 4 nitrogen and oxygen atoms in total. The molecule has 5 heteroatoms. The van der Waals surface area contributed by atoms with Crippen LogP contribution in [-0.4, -0.2) is 36.3 Å². The third-order valence-corrected chi connectivity index (χ3v) is 3.25. The van der Waals surface area contributed by atoms with Gasteiger partial charge in [-0.3, -0.25) is 9.59 Å². The summed E-state index contributed by atoms with van der Waals surface area (Å²) in [5, 5.41) is 0.463. The Morgan fingerprint density at radius 3 is 2.21 bits per heavy atom. The number of amides is 2. The molecule has 0 aliphatic rings. The Kier molecular flexibility index (Phi) is 5.83. The van der Waals surface area contributed by atoms with E-state index < -0.39 is 0 Å². The standard InChI is InChI=1S/C14H19ClN2O2/c1-4-16(5-2)14(19)10-17(11(3)18)13-9-7-6-8-12(13)15/h6-9H,4-5,10H2,1-3H3. The Bertz CT molecular complexity index is 459. The van der Waals surface area contributed by atoms with Gasteiger partial charge in [0, 0.05) is 20.0 Å². The fraction of sp³-hybridized carbons (Fsp3) is 0.429. The summed E-state index contributed by atoms with van der Waals surface area (Å²) < 4.78 is 0. The second kappa shape index (κ2) is 7.14. The first-order valence-corrected chi connectivity index (χ1v) is 6.69. The summed E-state index contributed by atoms with van der Waals surface area (Å²) in [6.07, 6.45) is 0. The minimum atomic E-state index is -0.200. The first-order chi connectivity index (χ1) is 9.01. The summed E-state index contributed by atoms with van der Waals surface area (Å²) in [6, 6.07) is 7.02. The van der Waals surface area contributed by atoms with E-state index in [2.05, 4.69) is 0 Å². The number of likely N-dealkylation sites (N-methyl/N-ethyl adjacent to an activating group) is 1. The van der Waals surface area contributed by atoms with Crippen molar-refractivity contribution in [3.05, 3.63) is 29.3 Å². The molecule has 0 N–H and O–H groups in total. The number of nitrogens with zero attached hydrogens (tertiary/aromatic N) is 2. The molecule has 0 atom stereocenters. The Morgan fingerprint density at radius 2 is 1.74 bits per heavy atom. The molecule has 0 fully saturated rings. The summed E-state index contributed by atoms with van der Waals surface area (Å²) in [4.78, 5) is 26.9. The van der Waals surface area contributed by atoms with Crippen LogP contribution >= 0.6 is 11.6 Å². The van der Waals surface area contributed by atoms with Gasteiger partial charge in [0.1, 0.15) is 6.54 Å². The van der Waals surface area contributed by atoms with Gasteiger partial charge in [-0.2, -0.15) is 0 Å². The molecule has 1 aromatic rings. The highest BCUT2D eigenvalue weighted by molar-refractivity contribution is 6.33. The van der Waals surface area contributed by atoms with E-state index in [0.717, 1.165) is 0 Å². The van der Waals surface area contributed by atoms with Crippen molar-refractivity contribution in [2.75, 3.05) is 24.5 Å². The zero-order chi connectivity index (χ0) is 14.4. The van der Waals surface area contributed by atoms with Crippen LogP contribution < -0.4 is 4.90 Å². The van der Waals surface area contributed by atoms with Crippen molar-refractivity contribution in [2.45, 2.75) is 20.8 Å². The SMILES string of the molecule is CCN(CC)C(=O)CN(C(C)=O)c1ccccc1Cl. The molecule has 1 rings (SSSR count). The van der Waals surface area contributed by atoms with Crippen LogP contribution in [0, 0.1) is 0 Å². The van der Waals surface area contributed by atoms with E-state index in [9.17, 15) is 9.59 Å². The lowest BCUT2D eigenvalue weighted by atomic mass is 10.2. The lowest BCUT2D eigenvalue weighted by molar-refractivity contribution is -0.130. The van der Waals surface area contributed by atoms with Crippen molar-refractivity contribution in [3.63, 3.8) is 0 Å². The third kappa shape index (κ3) is 3.96. The number of anilines is 1. The van der Waals surface area contributed by atoms with Crippen LogP contribution in [0.3, 0.4) is 0 Å². The monoisotopic (exact) mass is 282 g/mol. The minimum absolute atomic E-state index is 0.0146. The van der Waals surface area contributed by atoms with Crippen molar-refractivity contribution in [1.82, 2.24) is 4.90 Å². The molecule has 0 saturated carbocycles. The maximum Gasteiger partial charge on any atom is 0.242 e. The topological polar surface area (TPSA) is 40.6 Å². The number of rotatable bonds is 5. The quantitative estimate of drug-likeness (QED) is 0.833. The second-order valence-corrected chi connectivity index (χ2v) is 4.53. The molecule has 0 saturated heterocycles. The molecule has 0 aliphatic carbocycles. The van der Waals surface area contributed by atoms with Crippen LogP contribution in [0.2, 0.25) is 5.02 Å². The molecule has 2 amide bonds. The van der Waals surface area contributed by atoms with Crippen LogP contribution in [0.4, 0.5) is 5.69 Å². The first-order valence-electron chi connectivity index (χ1n) is 6.31. The van der Waals surface area contributed by atoms with E-state index in [1.165, 1.54) is 11.8 Å². The molecule has 0 unspecified atom stereocenters. The number of hydrogen-bond donors (Lipinski definition) is 0. The van der Waals surface area contributed by atoms with Crippen LogP contribution in [0.25, 0.3) is 0 Å². The Hall–Kier alpha value is -1.55. The summed E-state index contributed by atoms with van der Waals surface area (Å²) in [7, 11) is 0. The number of para-hydroxylation sites is 1. The largest absolute Gasteiger partial charge is 0.342 e. The summed E-state index contributed by atoms with van der Waals surface area (Å²) in [5.74, 6) is -0.284. The van der Waals surface area contributed by atoms with Crippen LogP contribution in [0.5, 0.6) is 0 Å². The van der Waals surface area contributed by atoms with E-state index >= 15 is 0 Å². The highest BCUT2D eigenvalue weighted by atomic mass is 35.5. The predicted molar refractivity (Wildman–Crippen MR) is 77.4 cm³/mol. The highest BCUT2D eigenvalue weighted by Crippen LogP contribution is 2.25. The predicted octanol–water partition coefficient (Wildman–Crippen LogP) is 2.56. The molecule has 104 valence electrons. The van der Waals surface area contributed by atoms with E-state index in [-0.39, 0.29) is 18.4 Å². The maximum absolute atomic E-state index is 12.1. The molecule has 0 aromatic heterocycles. The fourth-order valence-corrected chi connectivity index (χ4v) is 2.09. The van der Waals surface area contributed by atoms with Crippen LogP contribution in [-0.2, 0) is 9.59 Å². The molecule has 0 bridgehead atoms. The molecule has 19 heavy (non-hydrogen) atoms. The molecule has 0 aliphatic heterocycles. The number of carbonyl (C=O) groups is 2. The van der Waals surface area contributed by atoms with Crippen molar-refractivity contribution >= 4 is 29.1 Å². The van der Waals surface area contributed by atoms with Crippen LogP contribution in [0.15, 0.2) is 24.3 Å². The molecule has 0 radical (unpaired) electrons. The van der Waals surface area contributed by atoms with Gasteiger partial charge in [0.05, 0.1) is 10.7 Å².